The number of nitrogens with one attached hydrogen (secondary N) is 1. The Hall–Kier alpha value is -1.88. The monoisotopic (exact) mass is 345 g/mol. The molecule has 0 bridgehead atoms. The summed E-state index contributed by atoms with van der Waals surface area (Å²) >= 11 is 0. The molecule has 0 unspecified atom stereocenters. The second kappa shape index (κ2) is 7.56. The van der Waals surface area contributed by atoms with E-state index >= 15 is 0 Å². The van der Waals surface area contributed by atoms with Gasteiger partial charge in [0.05, 0.1) is 19.3 Å². The van der Waals surface area contributed by atoms with Gasteiger partial charge < -0.3 is 14.8 Å². The summed E-state index contributed by atoms with van der Waals surface area (Å²) in [7, 11) is 1.36. The topological polar surface area (TPSA) is 64.6 Å². The molecule has 3 rings (SSSR count). The highest BCUT2D eigenvalue weighted by Crippen LogP contribution is 2.42. The van der Waals surface area contributed by atoms with Crippen molar-refractivity contribution in [2.45, 2.75) is 69.1 Å². The van der Waals surface area contributed by atoms with Gasteiger partial charge in [-0.25, -0.2) is 4.79 Å². The summed E-state index contributed by atoms with van der Waals surface area (Å²) in [6.07, 6.45) is 5.46. The molecule has 1 amide bonds. The summed E-state index contributed by atoms with van der Waals surface area (Å²) in [4.78, 5) is 24.0. The fourth-order valence-electron chi connectivity index (χ4n) is 4.21. The minimum Gasteiger partial charge on any atom is -0.467 e. The lowest BCUT2D eigenvalue weighted by molar-refractivity contribution is -0.179. The normalized spacial score (nSPS) is 31.7. The Morgan fingerprint density at radius 1 is 1.12 bits per heavy atom. The number of rotatable bonds is 5. The zero-order valence-corrected chi connectivity index (χ0v) is 15.0. The van der Waals surface area contributed by atoms with Gasteiger partial charge >= 0.3 is 5.97 Å². The van der Waals surface area contributed by atoms with E-state index in [0.717, 1.165) is 25.7 Å². The summed E-state index contributed by atoms with van der Waals surface area (Å²) in [6, 6.07) is 10.4. The Kier molecular flexibility index (Phi) is 5.42. The summed E-state index contributed by atoms with van der Waals surface area (Å²) in [5.74, 6) is -0.309. The van der Waals surface area contributed by atoms with Gasteiger partial charge in [0.25, 0.3) is 0 Å². The summed E-state index contributed by atoms with van der Waals surface area (Å²) in [6.45, 7) is 1.42. The fraction of sp³-hybridized carbons (Fsp3) is 0.600. The lowest BCUT2D eigenvalue weighted by Crippen LogP contribution is -2.69. The van der Waals surface area contributed by atoms with Crippen LogP contribution in [-0.2, 0) is 19.1 Å². The van der Waals surface area contributed by atoms with Crippen molar-refractivity contribution in [1.82, 2.24) is 5.32 Å². The third-order valence-electron chi connectivity index (χ3n) is 5.57. The van der Waals surface area contributed by atoms with Gasteiger partial charge in [-0.15, -0.1) is 0 Å². The first-order valence-corrected chi connectivity index (χ1v) is 9.14. The van der Waals surface area contributed by atoms with Gasteiger partial charge in [0.1, 0.15) is 0 Å². The molecule has 5 heteroatoms. The largest absolute Gasteiger partial charge is 0.467 e. The summed E-state index contributed by atoms with van der Waals surface area (Å²) < 4.78 is 11.4. The highest BCUT2D eigenvalue weighted by atomic mass is 16.5. The van der Waals surface area contributed by atoms with Crippen LogP contribution in [0.1, 0.15) is 56.9 Å². The fourth-order valence-corrected chi connectivity index (χ4v) is 4.21. The van der Waals surface area contributed by atoms with Gasteiger partial charge in [-0.2, -0.15) is 0 Å². The first-order chi connectivity index (χ1) is 12.1. The van der Waals surface area contributed by atoms with Crippen molar-refractivity contribution in [3.8, 4) is 0 Å². The highest BCUT2D eigenvalue weighted by Gasteiger charge is 2.56. The number of ether oxygens (including phenoxy) is 2. The van der Waals surface area contributed by atoms with Crippen LogP contribution in [0.2, 0.25) is 0 Å². The van der Waals surface area contributed by atoms with Gasteiger partial charge in [0.2, 0.25) is 5.91 Å². The van der Waals surface area contributed by atoms with Crippen LogP contribution < -0.4 is 5.32 Å². The minimum atomic E-state index is -1.03. The van der Waals surface area contributed by atoms with Crippen LogP contribution in [0.5, 0.6) is 0 Å². The van der Waals surface area contributed by atoms with Gasteiger partial charge in [0, 0.05) is 12.8 Å². The number of esters is 1. The third kappa shape index (κ3) is 3.56. The number of carbonyl (C=O) groups is 2. The number of hydrogen-bond donors (Lipinski definition) is 1. The molecule has 0 spiro atoms. The molecule has 0 aliphatic heterocycles. The van der Waals surface area contributed by atoms with Crippen LogP contribution in [-0.4, -0.2) is 36.7 Å². The molecule has 1 aromatic rings. The maximum absolute atomic E-state index is 12.3. The first-order valence-electron chi connectivity index (χ1n) is 9.14. The average Bonchev–Trinajstić information content (AvgIpc) is 2.63. The molecule has 136 valence electrons. The van der Waals surface area contributed by atoms with Crippen LogP contribution in [0.4, 0.5) is 0 Å². The standard InChI is InChI=1S/C20H27NO4/c1-14(22)21-20(19(23)24-2)13-12-18(20)25-17-11-7-6-10-16(17)15-8-4-3-5-9-15/h3-5,8-9,16-18H,6-7,10-13H2,1-2H3,(H,21,22)/t16-,17+,18+,20-/m0/s1. The molecule has 2 fully saturated rings. The SMILES string of the molecule is COC(=O)[C@]1(NC(C)=O)CC[C@H]1O[C@@H]1CCCC[C@H]1c1ccccc1. The van der Waals surface area contributed by atoms with Gasteiger partial charge in [-0.3, -0.25) is 4.79 Å². The number of hydrogen-bond acceptors (Lipinski definition) is 4. The maximum Gasteiger partial charge on any atom is 0.334 e. The van der Waals surface area contributed by atoms with Crippen molar-refractivity contribution in [3.63, 3.8) is 0 Å². The molecule has 0 aromatic heterocycles. The molecular weight excluding hydrogens is 318 g/mol. The second-order valence-electron chi connectivity index (χ2n) is 7.15. The van der Waals surface area contributed by atoms with Crippen molar-refractivity contribution in [2.75, 3.05) is 7.11 Å². The Bertz CT molecular complexity index is 617. The van der Waals surface area contributed by atoms with Crippen LogP contribution in [0, 0.1) is 0 Å². The maximum atomic E-state index is 12.3. The molecule has 0 saturated heterocycles. The molecule has 1 aromatic carbocycles. The lowest BCUT2D eigenvalue weighted by atomic mass is 9.72. The number of carbonyl (C=O) groups excluding carboxylic acids is 2. The zero-order chi connectivity index (χ0) is 17.9. The van der Waals surface area contributed by atoms with E-state index in [2.05, 4.69) is 29.6 Å². The quantitative estimate of drug-likeness (QED) is 0.834. The predicted molar refractivity (Wildman–Crippen MR) is 94.1 cm³/mol. The second-order valence-corrected chi connectivity index (χ2v) is 7.15. The van der Waals surface area contributed by atoms with Crippen LogP contribution in [0.15, 0.2) is 30.3 Å². The molecule has 5 nitrogen and oxygen atoms in total. The van der Waals surface area contributed by atoms with E-state index in [9.17, 15) is 9.59 Å². The van der Waals surface area contributed by atoms with E-state index in [1.165, 1.54) is 26.0 Å². The molecule has 1 N–H and O–H groups in total. The molecule has 2 saturated carbocycles. The Balaban J connectivity index is 1.77. The van der Waals surface area contributed by atoms with Crippen LogP contribution in [0.25, 0.3) is 0 Å². The Morgan fingerprint density at radius 3 is 2.44 bits per heavy atom. The predicted octanol–water partition coefficient (Wildman–Crippen LogP) is 2.94. The highest BCUT2D eigenvalue weighted by molar-refractivity contribution is 5.89. The molecule has 0 radical (unpaired) electrons. The van der Waals surface area contributed by atoms with Crippen molar-refractivity contribution in [1.29, 1.82) is 0 Å². The summed E-state index contributed by atoms with van der Waals surface area (Å²) in [5.41, 5.74) is 0.258. The molecular formula is C20H27NO4. The molecule has 0 heterocycles. The van der Waals surface area contributed by atoms with Crippen LogP contribution >= 0.6 is 0 Å². The van der Waals surface area contributed by atoms with E-state index < -0.39 is 11.5 Å². The smallest absolute Gasteiger partial charge is 0.334 e. The van der Waals surface area contributed by atoms with Crippen molar-refractivity contribution in [2.24, 2.45) is 0 Å². The first kappa shape index (κ1) is 17.9. The molecule has 25 heavy (non-hydrogen) atoms. The third-order valence-corrected chi connectivity index (χ3v) is 5.57. The van der Waals surface area contributed by atoms with E-state index in [0.29, 0.717) is 12.3 Å². The average molecular weight is 345 g/mol. The molecule has 2 aliphatic rings. The Morgan fingerprint density at radius 2 is 1.84 bits per heavy atom. The zero-order valence-electron chi connectivity index (χ0n) is 15.0. The van der Waals surface area contributed by atoms with Crippen LogP contribution in [0.3, 0.4) is 0 Å². The van der Waals surface area contributed by atoms with E-state index in [1.54, 1.807) is 0 Å². The van der Waals surface area contributed by atoms with Crippen molar-refractivity contribution < 1.29 is 19.1 Å². The van der Waals surface area contributed by atoms with E-state index in [4.69, 9.17) is 9.47 Å². The molecule has 4 atom stereocenters. The van der Waals surface area contributed by atoms with E-state index in [-0.39, 0.29) is 18.1 Å². The number of amides is 1. The number of methoxy groups -OCH3 is 1. The minimum absolute atomic E-state index is 0.0687. The van der Waals surface area contributed by atoms with Gasteiger partial charge in [0.15, 0.2) is 5.54 Å². The van der Waals surface area contributed by atoms with Gasteiger partial charge in [-0.05, 0) is 31.2 Å². The Labute approximate surface area is 149 Å². The lowest BCUT2D eigenvalue weighted by Gasteiger charge is -2.49. The molecule has 2 aliphatic carbocycles. The number of benzene rings is 1. The van der Waals surface area contributed by atoms with Crippen molar-refractivity contribution in [3.05, 3.63) is 35.9 Å². The van der Waals surface area contributed by atoms with Gasteiger partial charge in [-0.1, -0.05) is 43.2 Å². The summed E-state index contributed by atoms with van der Waals surface area (Å²) in [5, 5.41) is 2.80. The van der Waals surface area contributed by atoms with E-state index in [1.807, 2.05) is 6.07 Å². The van der Waals surface area contributed by atoms with Crippen molar-refractivity contribution >= 4 is 11.9 Å².